The van der Waals surface area contributed by atoms with E-state index in [0.717, 1.165) is 37.6 Å². The van der Waals surface area contributed by atoms with Crippen LogP contribution in [0.15, 0.2) is 30.3 Å². The van der Waals surface area contributed by atoms with Crippen LogP contribution >= 0.6 is 0 Å². The fraction of sp³-hybridized carbons (Fsp3) is 0.667. The van der Waals surface area contributed by atoms with Gasteiger partial charge in [0.25, 0.3) is 0 Å². The molecule has 176 valence electrons. The minimum absolute atomic E-state index is 0.0166. The molecule has 2 aliphatic rings. The highest BCUT2D eigenvalue weighted by molar-refractivity contribution is 6.45. The number of benzene rings is 1. The number of rotatable bonds is 7. The van der Waals surface area contributed by atoms with Crippen molar-refractivity contribution in [2.45, 2.75) is 83.5 Å². The zero-order chi connectivity index (χ0) is 23.4. The molecule has 2 fully saturated rings. The van der Waals surface area contributed by atoms with Crippen LogP contribution in [0.3, 0.4) is 0 Å². The maximum Gasteiger partial charge on any atom is 0.457 e. The van der Waals surface area contributed by atoms with Crippen molar-refractivity contribution in [3.05, 3.63) is 35.9 Å². The number of hydrogen-bond acceptors (Lipinski definition) is 6. The second-order valence-electron chi connectivity index (χ2n) is 9.72. The molecule has 0 saturated carbocycles. The first-order valence-corrected chi connectivity index (χ1v) is 11.6. The van der Waals surface area contributed by atoms with Crippen LogP contribution in [-0.4, -0.2) is 55.0 Å². The summed E-state index contributed by atoms with van der Waals surface area (Å²) in [6.45, 7) is 8.83. The number of nitrogens with zero attached hydrogens (tertiary/aromatic N) is 1. The molecule has 2 aliphatic heterocycles. The lowest BCUT2D eigenvalue weighted by molar-refractivity contribution is -0.150. The highest BCUT2D eigenvalue weighted by Gasteiger charge is 2.50. The van der Waals surface area contributed by atoms with Crippen molar-refractivity contribution in [3.63, 3.8) is 0 Å². The summed E-state index contributed by atoms with van der Waals surface area (Å²) in [6, 6.07) is 8.89. The number of ether oxygens (including phenoxy) is 2. The molecule has 3 rings (SSSR count). The van der Waals surface area contributed by atoms with E-state index in [1.54, 1.807) is 0 Å². The number of carbonyl (C=O) groups excluding carboxylic acids is 2. The van der Waals surface area contributed by atoms with Crippen molar-refractivity contribution in [1.29, 1.82) is 0 Å². The Kier molecular flexibility index (Phi) is 7.88. The van der Waals surface area contributed by atoms with Crippen molar-refractivity contribution in [1.82, 2.24) is 4.90 Å². The molecule has 0 radical (unpaired) electrons. The zero-order valence-electron chi connectivity index (χ0n) is 20.0. The third-order valence-corrected chi connectivity index (χ3v) is 6.96. The molecule has 0 aliphatic carbocycles. The first-order valence-electron chi connectivity index (χ1n) is 11.6. The number of amides is 1. The predicted molar refractivity (Wildman–Crippen MR) is 122 cm³/mol. The second-order valence-corrected chi connectivity index (χ2v) is 9.72. The van der Waals surface area contributed by atoms with Gasteiger partial charge in [-0.05, 0) is 64.8 Å². The number of hydrogen-bond donors (Lipinski definition) is 0. The van der Waals surface area contributed by atoms with Gasteiger partial charge in [0.05, 0.1) is 18.3 Å². The first kappa shape index (κ1) is 24.6. The molecule has 2 heterocycles. The Hall–Kier alpha value is -2.06. The van der Waals surface area contributed by atoms with Crippen molar-refractivity contribution in [3.8, 4) is 0 Å². The Balaban J connectivity index is 1.58. The number of methoxy groups -OCH3 is 1. The van der Waals surface area contributed by atoms with E-state index in [-0.39, 0.29) is 36.8 Å². The van der Waals surface area contributed by atoms with Crippen molar-refractivity contribution < 1.29 is 28.4 Å². The van der Waals surface area contributed by atoms with E-state index in [1.807, 2.05) is 58.0 Å². The Labute approximate surface area is 191 Å². The molecule has 7 nitrogen and oxygen atoms in total. The number of piperidine rings is 1. The standard InChI is InChI=1S/C24H36BNO6/c1-23(2)24(3,4)32-25(31-23)15-9-13-19-14-10-16-26(20(19)21(27)29-5)22(28)30-17-18-11-7-6-8-12-18/h6-8,11-12,19-20H,9-10,13-17H2,1-5H3. The highest BCUT2D eigenvalue weighted by atomic mass is 16.7. The summed E-state index contributed by atoms with van der Waals surface area (Å²) >= 11 is 0. The molecule has 1 aromatic rings. The molecule has 32 heavy (non-hydrogen) atoms. The van der Waals surface area contributed by atoms with Gasteiger partial charge in [-0.3, -0.25) is 4.90 Å². The van der Waals surface area contributed by atoms with Gasteiger partial charge in [0.15, 0.2) is 0 Å². The SMILES string of the molecule is COC(=O)C1C(CCCB2OC(C)(C)C(C)(C)O2)CCCN1C(=O)OCc1ccccc1. The molecule has 2 atom stereocenters. The maximum atomic E-state index is 12.8. The van der Waals surface area contributed by atoms with Gasteiger partial charge in [-0.1, -0.05) is 36.8 Å². The van der Waals surface area contributed by atoms with Crippen LogP contribution in [0, 0.1) is 5.92 Å². The number of likely N-dealkylation sites (tertiary alicyclic amines) is 1. The summed E-state index contributed by atoms with van der Waals surface area (Å²) in [6.07, 6.45) is 3.59. The van der Waals surface area contributed by atoms with Crippen LogP contribution < -0.4 is 0 Å². The predicted octanol–water partition coefficient (Wildman–Crippen LogP) is 4.45. The van der Waals surface area contributed by atoms with Gasteiger partial charge in [-0.2, -0.15) is 0 Å². The summed E-state index contributed by atoms with van der Waals surface area (Å²) in [5, 5.41) is 0. The lowest BCUT2D eigenvalue weighted by Gasteiger charge is -2.38. The van der Waals surface area contributed by atoms with Gasteiger partial charge in [-0.15, -0.1) is 0 Å². The molecule has 8 heteroatoms. The Morgan fingerprint density at radius 3 is 2.41 bits per heavy atom. The van der Waals surface area contributed by atoms with E-state index >= 15 is 0 Å². The van der Waals surface area contributed by atoms with Gasteiger partial charge in [0.1, 0.15) is 12.6 Å². The van der Waals surface area contributed by atoms with E-state index in [1.165, 1.54) is 12.0 Å². The van der Waals surface area contributed by atoms with Crippen LogP contribution in [0.4, 0.5) is 4.79 Å². The third kappa shape index (κ3) is 5.65. The fourth-order valence-corrected chi connectivity index (χ4v) is 4.45. The second kappa shape index (κ2) is 10.3. The van der Waals surface area contributed by atoms with Crippen LogP contribution in [-0.2, 0) is 30.2 Å². The average Bonchev–Trinajstić information content (AvgIpc) is 2.98. The number of carbonyl (C=O) groups is 2. The Morgan fingerprint density at radius 1 is 1.12 bits per heavy atom. The quantitative estimate of drug-likeness (QED) is 0.456. The molecule has 2 unspecified atom stereocenters. The summed E-state index contributed by atoms with van der Waals surface area (Å²) < 4.78 is 22.7. The van der Waals surface area contributed by atoms with E-state index < -0.39 is 12.1 Å². The lowest BCUT2D eigenvalue weighted by atomic mass is 9.78. The topological polar surface area (TPSA) is 74.3 Å². The van der Waals surface area contributed by atoms with Crippen LogP contribution in [0.25, 0.3) is 0 Å². The summed E-state index contributed by atoms with van der Waals surface area (Å²) in [5.74, 6) is -0.370. The summed E-state index contributed by atoms with van der Waals surface area (Å²) in [7, 11) is 1.11. The van der Waals surface area contributed by atoms with E-state index in [9.17, 15) is 9.59 Å². The molecule has 1 aromatic carbocycles. The van der Waals surface area contributed by atoms with Crippen molar-refractivity contribution in [2.75, 3.05) is 13.7 Å². The molecule has 0 bridgehead atoms. The molecule has 0 spiro atoms. The molecular formula is C24H36BNO6. The largest absolute Gasteiger partial charge is 0.467 e. The smallest absolute Gasteiger partial charge is 0.457 e. The molecule has 2 saturated heterocycles. The minimum Gasteiger partial charge on any atom is -0.467 e. The zero-order valence-corrected chi connectivity index (χ0v) is 20.0. The molecule has 0 aromatic heterocycles. The molecule has 0 N–H and O–H groups in total. The van der Waals surface area contributed by atoms with Gasteiger partial charge in [0, 0.05) is 6.54 Å². The molecule has 1 amide bonds. The van der Waals surface area contributed by atoms with E-state index in [4.69, 9.17) is 18.8 Å². The van der Waals surface area contributed by atoms with Crippen molar-refractivity contribution in [2.24, 2.45) is 5.92 Å². The summed E-state index contributed by atoms with van der Waals surface area (Å²) in [4.78, 5) is 27.0. The maximum absolute atomic E-state index is 12.8. The first-order chi connectivity index (χ1) is 15.1. The van der Waals surface area contributed by atoms with Gasteiger partial charge >= 0.3 is 19.2 Å². The normalized spacial score (nSPS) is 24.3. The monoisotopic (exact) mass is 445 g/mol. The van der Waals surface area contributed by atoms with Crippen molar-refractivity contribution >= 4 is 19.2 Å². The Bertz CT molecular complexity index is 768. The summed E-state index contributed by atoms with van der Waals surface area (Å²) in [5.41, 5.74) is 0.207. The fourth-order valence-electron chi connectivity index (χ4n) is 4.45. The molecular weight excluding hydrogens is 409 g/mol. The lowest BCUT2D eigenvalue weighted by Crippen LogP contribution is -2.53. The van der Waals surface area contributed by atoms with Gasteiger partial charge in [0.2, 0.25) is 0 Å². The van der Waals surface area contributed by atoms with Gasteiger partial charge < -0.3 is 18.8 Å². The van der Waals surface area contributed by atoms with E-state index in [0.29, 0.717) is 6.54 Å². The van der Waals surface area contributed by atoms with Crippen LogP contribution in [0.5, 0.6) is 0 Å². The van der Waals surface area contributed by atoms with Crippen LogP contribution in [0.1, 0.15) is 58.9 Å². The number of esters is 1. The minimum atomic E-state index is -0.629. The Morgan fingerprint density at radius 2 is 1.78 bits per heavy atom. The third-order valence-electron chi connectivity index (χ3n) is 6.96. The average molecular weight is 445 g/mol. The van der Waals surface area contributed by atoms with Gasteiger partial charge in [-0.25, -0.2) is 9.59 Å². The van der Waals surface area contributed by atoms with E-state index in [2.05, 4.69) is 0 Å². The highest BCUT2D eigenvalue weighted by Crippen LogP contribution is 2.38. The van der Waals surface area contributed by atoms with Crippen LogP contribution in [0.2, 0.25) is 6.32 Å².